The zero-order chi connectivity index (χ0) is 23.5. The fourth-order valence-electron chi connectivity index (χ4n) is 4.03. The smallest absolute Gasteiger partial charge is 0.214 e. The van der Waals surface area contributed by atoms with Crippen molar-refractivity contribution < 1.29 is 8.91 Å². The number of halogens is 2. The topological polar surface area (TPSA) is 67.6 Å². The maximum Gasteiger partial charge on any atom is 0.214 e. The van der Waals surface area contributed by atoms with E-state index in [1.807, 2.05) is 24.3 Å². The molecule has 0 atom stereocenters. The van der Waals surface area contributed by atoms with Crippen LogP contribution in [0.5, 0.6) is 0 Å². The number of aromatic nitrogens is 4. The number of nitrogens with zero attached hydrogens (tertiary/aromatic N) is 3. The second-order valence-electron chi connectivity index (χ2n) is 7.75. The minimum Gasteiger partial charge on any atom is -0.342 e. The second-order valence-corrected chi connectivity index (χ2v) is 8.16. The number of hydrogen-bond acceptors (Lipinski definition) is 4. The van der Waals surface area contributed by atoms with Gasteiger partial charge in [0.2, 0.25) is 6.39 Å². The molecule has 0 bridgehead atoms. The lowest BCUT2D eigenvalue weighted by molar-refractivity contribution is 0.415. The van der Waals surface area contributed by atoms with Gasteiger partial charge in [0, 0.05) is 5.39 Å². The van der Waals surface area contributed by atoms with Crippen molar-refractivity contribution >= 4 is 45.8 Å². The SMILES string of the molecule is CC/C(=C(/c1ccc(/C=C/c2ncon2)cc1)c1ccc2[nH]ncc2c1)c1ccc(F)cc1Cl. The molecule has 0 aliphatic carbocycles. The number of fused-ring (bicyclic) bond motifs is 1. The van der Waals surface area contributed by atoms with Crippen LogP contribution in [0.4, 0.5) is 4.39 Å². The molecule has 0 saturated heterocycles. The van der Waals surface area contributed by atoms with E-state index in [1.54, 1.807) is 18.3 Å². The van der Waals surface area contributed by atoms with Crippen LogP contribution in [-0.2, 0) is 0 Å². The molecule has 7 heteroatoms. The Morgan fingerprint density at radius 2 is 1.85 bits per heavy atom. The molecule has 0 aliphatic rings. The number of benzene rings is 3. The highest BCUT2D eigenvalue weighted by molar-refractivity contribution is 6.32. The molecule has 1 N–H and O–H groups in total. The van der Waals surface area contributed by atoms with E-state index in [4.69, 9.17) is 16.1 Å². The van der Waals surface area contributed by atoms with E-state index in [1.165, 1.54) is 18.5 Å². The molecule has 0 amide bonds. The third-order valence-electron chi connectivity index (χ3n) is 5.64. The number of rotatable bonds is 6. The molecule has 5 rings (SSSR count). The molecule has 0 fully saturated rings. The van der Waals surface area contributed by atoms with E-state index in [-0.39, 0.29) is 5.82 Å². The summed E-state index contributed by atoms with van der Waals surface area (Å²) in [6.45, 7) is 2.08. The monoisotopic (exact) mass is 470 g/mol. The normalized spacial score (nSPS) is 12.4. The van der Waals surface area contributed by atoms with Crippen LogP contribution in [0.25, 0.3) is 34.2 Å². The maximum absolute atomic E-state index is 13.8. The van der Waals surface area contributed by atoms with E-state index in [0.717, 1.165) is 44.3 Å². The Morgan fingerprint density at radius 1 is 1.03 bits per heavy atom. The van der Waals surface area contributed by atoms with Gasteiger partial charge in [-0.15, -0.1) is 0 Å². The van der Waals surface area contributed by atoms with Gasteiger partial charge in [-0.3, -0.25) is 5.10 Å². The zero-order valence-corrected chi connectivity index (χ0v) is 19.1. The lowest BCUT2D eigenvalue weighted by Crippen LogP contribution is -1.96. The molecule has 168 valence electrons. The lowest BCUT2D eigenvalue weighted by Gasteiger charge is -2.17. The molecule has 5 aromatic rings. The summed E-state index contributed by atoms with van der Waals surface area (Å²) in [6, 6.07) is 18.9. The Morgan fingerprint density at radius 3 is 2.59 bits per heavy atom. The standard InChI is InChI=1S/C27H20ClFN4O/c1-2-22(23-10-9-21(29)14-24(23)28)27(19-8-11-25-20(13-19)15-31-32-25)18-6-3-17(4-7-18)5-12-26-30-16-34-33-26/h3-16H,2H2,1H3,(H,31,32)/b12-5+,27-22+. The van der Waals surface area contributed by atoms with Gasteiger partial charge in [-0.2, -0.15) is 10.1 Å². The first-order chi connectivity index (χ1) is 16.6. The Balaban J connectivity index is 1.65. The third kappa shape index (κ3) is 4.40. The highest BCUT2D eigenvalue weighted by atomic mass is 35.5. The Bertz CT molecular complexity index is 1500. The molecule has 0 saturated carbocycles. The highest BCUT2D eigenvalue weighted by Crippen LogP contribution is 2.38. The fraction of sp³-hybridized carbons (Fsp3) is 0.0741. The molecule has 5 nitrogen and oxygen atoms in total. The number of hydrogen-bond donors (Lipinski definition) is 1. The molecule has 0 aliphatic heterocycles. The molecule has 0 radical (unpaired) electrons. The van der Waals surface area contributed by atoms with Crippen LogP contribution in [0.3, 0.4) is 0 Å². The Labute approximate surface area is 200 Å². The van der Waals surface area contributed by atoms with E-state index >= 15 is 0 Å². The summed E-state index contributed by atoms with van der Waals surface area (Å²) in [5.74, 6) is 0.153. The Kier molecular flexibility index (Phi) is 6.06. The number of aromatic amines is 1. The van der Waals surface area contributed by atoms with E-state index < -0.39 is 0 Å². The minimum absolute atomic E-state index is 0.358. The maximum atomic E-state index is 13.8. The summed E-state index contributed by atoms with van der Waals surface area (Å²) in [5, 5.41) is 12.3. The van der Waals surface area contributed by atoms with E-state index in [2.05, 4.69) is 51.5 Å². The van der Waals surface area contributed by atoms with Crippen LogP contribution in [-0.4, -0.2) is 20.3 Å². The van der Waals surface area contributed by atoms with Crippen molar-refractivity contribution in [2.75, 3.05) is 0 Å². The fourth-order valence-corrected chi connectivity index (χ4v) is 4.31. The lowest BCUT2D eigenvalue weighted by atomic mass is 9.87. The molecule has 2 heterocycles. The van der Waals surface area contributed by atoms with Crippen molar-refractivity contribution in [3.05, 3.63) is 112 Å². The van der Waals surface area contributed by atoms with Gasteiger partial charge >= 0.3 is 0 Å². The van der Waals surface area contributed by atoms with Gasteiger partial charge in [0.05, 0.1) is 16.7 Å². The average Bonchev–Trinajstić information content (AvgIpc) is 3.54. The quantitative estimate of drug-likeness (QED) is 0.265. The first-order valence-electron chi connectivity index (χ1n) is 10.8. The first kappa shape index (κ1) is 21.8. The van der Waals surface area contributed by atoms with Crippen molar-refractivity contribution in [2.24, 2.45) is 0 Å². The van der Waals surface area contributed by atoms with Crippen LogP contribution >= 0.6 is 11.6 Å². The van der Waals surface area contributed by atoms with Crippen molar-refractivity contribution in [2.45, 2.75) is 13.3 Å². The van der Waals surface area contributed by atoms with Crippen molar-refractivity contribution in [1.82, 2.24) is 20.3 Å². The summed E-state index contributed by atoms with van der Waals surface area (Å²) in [5.41, 5.74) is 6.89. The summed E-state index contributed by atoms with van der Waals surface area (Å²) >= 11 is 6.50. The van der Waals surface area contributed by atoms with Gasteiger partial charge in [0.1, 0.15) is 5.82 Å². The molecule has 0 spiro atoms. The van der Waals surface area contributed by atoms with E-state index in [9.17, 15) is 4.39 Å². The highest BCUT2D eigenvalue weighted by Gasteiger charge is 2.16. The Hall–Kier alpha value is -4.03. The van der Waals surface area contributed by atoms with Crippen LogP contribution < -0.4 is 0 Å². The zero-order valence-electron chi connectivity index (χ0n) is 18.3. The van der Waals surface area contributed by atoms with Crippen LogP contribution in [0.2, 0.25) is 5.02 Å². The van der Waals surface area contributed by atoms with Gasteiger partial charge in [0.25, 0.3) is 0 Å². The van der Waals surface area contributed by atoms with Gasteiger partial charge in [0.15, 0.2) is 5.82 Å². The number of nitrogens with one attached hydrogen (secondary N) is 1. The molecule has 2 aromatic heterocycles. The summed E-state index contributed by atoms with van der Waals surface area (Å²) in [4.78, 5) is 4.00. The van der Waals surface area contributed by atoms with E-state index in [0.29, 0.717) is 17.3 Å². The summed E-state index contributed by atoms with van der Waals surface area (Å²) < 4.78 is 18.6. The van der Waals surface area contributed by atoms with Crippen molar-refractivity contribution in [1.29, 1.82) is 0 Å². The van der Waals surface area contributed by atoms with Crippen LogP contribution in [0.1, 0.15) is 41.4 Å². The first-order valence-corrected chi connectivity index (χ1v) is 11.2. The van der Waals surface area contributed by atoms with Crippen molar-refractivity contribution in [3.8, 4) is 0 Å². The van der Waals surface area contributed by atoms with Crippen molar-refractivity contribution in [3.63, 3.8) is 0 Å². The minimum atomic E-state index is -0.358. The summed E-state index contributed by atoms with van der Waals surface area (Å²) in [7, 11) is 0. The molecule has 34 heavy (non-hydrogen) atoms. The average molecular weight is 471 g/mol. The predicted octanol–water partition coefficient (Wildman–Crippen LogP) is 7.28. The number of H-pyrrole nitrogens is 1. The number of allylic oxidation sites excluding steroid dienone is 1. The summed E-state index contributed by atoms with van der Waals surface area (Å²) in [6.07, 6.45) is 7.52. The second kappa shape index (κ2) is 9.45. The van der Waals surface area contributed by atoms with Crippen LogP contribution in [0, 0.1) is 5.82 Å². The van der Waals surface area contributed by atoms with Gasteiger partial charge < -0.3 is 4.52 Å². The van der Waals surface area contributed by atoms with Gasteiger partial charge in [-0.05, 0) is 70.2 Å². The third-order valence-corrected chi connectivity index (χ3v) is 5.96. The van der Waals surface area contributed by atoms with Gasteiger partial charge in [-0.1, -0.05) is 66.2 Å². The molecule has 3 aromatic carbocycles. The molecular weight excluding hydrogens is 451 g/mol. The van der Waals surface area contributed by atoms with Gasteiger partial charge in [-0.25, -0.2) is 4.39 Å². The van der Waals surface area contributed by atoms with Crippen LogP contribution in [0.15, 0.2) is 77.8 Å². The molecular formula is C27H20ClFN4O. The molecule has 0 unspecified atom stereocenters. The largest absolute Gasteiger partial charge is 0.342 e. The predicted molar refractivity (Wildman–Crippen MR) is 133 cm³/mol.